The van der Waals surface area contributed by atoms with Crippen molar-refractivity contribution >= 4 is 0 Å². The van der Waals surface area contributed by atoms with Crippen molar-refractivity contribution in [1.29, 1.82) is 0 Å². The summed E-state index contributed by atoms with van der Waals surface area (Å²) in [5, 5.41) is 0. The predicted molar refractivity (Wildman–Crippen MR) is 95.9 cm³/mol. The molecule has 0 aromatic heterocycles. The number of hydrogen-bond acceptors (Lipinski definition) is 0. The van der Waals surface area contributed by atoms with Crippen LogP contribution >= 0.6 is 0 Å². The minimum absolute atomic E-state index is 0.0491. The van der Waals surface area contributed by atoms with E-state index in [2.05, 4.69) is 6.58 Å². The molecule has 0 spiro atoms. The van der Waals surface area contributed by atoms with Gasteiger partial charge < -0.3 is 0 Å². The van der Waals surface area contributed by atoms with E-state index in [1.54, 1.807) is 0 Å². The van der Waals surface area contributed by atoms with Gasteiger partial charge in [0, 0.05) is 4.11 Å². The number of hydrogen-bond donors (Lipinski definition) is 0. The maximum atomic E-state index is 13.7. The van der Waals surface area contributed by atoms with Crippen LogP contribution in [0.1, 0.15) is 79.7 Å². The Morgan fingerprint density at radius 3 is 2.24 bits per heavy atom. The normalized spacial score (nSPS) is 36.9. The van der Waals surface area contributed by atoms with Crippen LogP contribution in [0.3, 0.4) is 0 Å². The van der Waals surface area contributed by atoms with Crippen molar-refractivity contribution in [1.82, 2.24) is 0 Å². The van der Waals surface area contributed by atoms with Gasteiger partial charge in [0.2, 0.25) is 0 Å². The van der Waals surface area contributed by atoms with Gasteiger partial charge in [-0.3, -0.25) is 0 Å². The molecule has 0 amide bonds. The predicted octanol–water partition coefficient (Wildman–Crippen LogP) is 7.15. The van der Waals surface area contributed by atoms with E-state index in [-0.39, 0.29) is 17.9 Å². The molecule has 3 atom stereocenters. The van der Waals surface area contributed by atoms with Crippen LogP contribution < -0.4 is 0 Å². The summed E-state index contributed by atoms with van der Waals surface area (Å²) in [7, 11) is 0. The van der Waals surface area contributed by atoms with Gasteiger partial charge in [-0.15, -0.1) is 6.58 Å². The average Bonchev–Trinajstić information content (AvgIpc) is 2.63. The molecule has 3 rings (SSSR count). The molecule has 3 heteroatoms. The highest BCUT2D eigenvalue weighted by molar-refractivity contribution is 5.23. The number of benzene rings is 1. The van der Waals surface area contributed by atoms with Crippen LogP contribution in [0.15, 0.2) is 24.8 Å². The smallest absolute Gasteiger partial charge is 0.194 e. The lowest BCUT2D eigenvalue weighted by atomic mass is 9.68. The first-order valence-corrected chi connectivity index (χ1v) is 9.40. The highest BCUT2D eigenvalue weighted by atomic mass is 19.2. The molecule has 0 bridgehead atoms. The van der Waals surface area contributed by atoms with Gasteiger partial charge in [-0.1, -0.05) is 18.9 Å². The van der Waals surface area contributed by atoms with E-state index in [1.165, 1.54) is 0 Å². The van der Waals surface area contributed by atoms with E-state index >= 15 is 0 Å². The maximum absolute atomic E-state index is 13.7. The molecule has 2 saturated carbocycles. The first-order chi connectivity index (χ1) is 13.2. The summed E-state index contributed by atoms with van der Waals surface area (Å²) in [6, 6.07) is 1.71. The molecule has 138 valence electrons. The Labute approximate surface area is 153 Å². The summed E-state index contributed by atoms with van der Waals surface area (Å²) in [5.41, 5.74) is 0.0491. The van der Waals surface area contributed by atoms with Gasteiger partial charge >= 0.3 is 0 Å². The van der Waals surface area contributed by atoms with Crippen LogP contribution in [-0.2, 0) is 0 Å². The lowest BCUT2D eigenvalue weighted by molar-refractivity contribution is 0.157. The van der Waals surface area contributed by atoms with Crippen molar-refractivity contribution in [3.63, 3.8) is 0 Å². The fourth-order valence-electron chi connectivity index (χ4n) is 4.43. The Morgan fingerprint density at radius 2 is 1.64 bits per heavy atom. The molecular formula is C22H29F3. The van der Waals surface area contributed by atoms with Crippen molar-refractivity contribution < 1.29 is 17.3 Å². The highest BCUT2D eigenvalue weighted by Crippen LogP contribution is 2.44. The molecule has 25 heavy (non-hydrogen) atoms. The Kier molecular flexibility index (Phi) is 5.01. The second-order valence-electron chi connectivity index (χ2n) is 7.56. The summed E-state index contributed by atoms with van der Waals surface area (Å²) in [6.07, 6.45) is 6.80. The van der Waals surface area contributed by atoms with Gasteiger partial charge in [-0.25, -0.2) is 13.2 Å². The Morgan fingerprint density at radius 1 is 1.00 bits per heavy atom. The van der Waals surface area contributed by atoms with E-state index in [4.69, 9.17) is 4.11 Å². The van der Waals surface area contributed by atoms with Gasteiger partial charge in [0.15, 0.2) is 17.5 Å². The van der Waals surface area contributed by atoms with E-state index < -0.39 is 36.1 Å². The molecule has 3 unspecified atom stereocenters. The van der Waals surface area contributed by atoms with Crippen LogP contribution in [0.25, 0.3) is 0 Å². The molecule has 1 aromatic carbocycles. The van der Waals surface area contributed by atoms with Gasteiger partial charge in [0.05, 0.1) is 0 Å². The molecule has 2 aliphatic carbocycles. The van der Waals surface area contributed by atoms with Crippen LogP contribution in [0, 0.1) is 35.2 Å². The molecule has 0 saturated heterocycles. The summed E-state index contributed by atoms with van der Waals surface area (Å²) in [6.45, 7) is 3.78. The van der Waals surface area contributed by atoms with E-state index in [0.29, 0.717) is 18.3 Å². The minimum atomic E-state index is -1.74. The lowest BCUT2D eigenvalue weighted by Gasteiger charge is -2.38. The Bertz CT molecular complexity index is 675. The average molecular weight is 353 g/mol. The first-order valence-electron chi connectivity index (χ1n) is 11.0. The van der Waals surface area contributed by atoms with Gasteiger partial charge in [-0.05, 0) is 92.7 Å². The zero-order valence-electron chi connectivity index (χ0n) is 17.6. The van der Waals surface area contributed by atoms with Gasteiger partial charge in [0.1, 0.15) is 0 Å². The van der Waals surface area contributed by atoms with Crippen LogP contribution in [0.2, 0.25) is 0 Å². The standard InChI is InChI=1S/C22H29F3/c1-2-3-4-15-5-7-16(8-6-15)17-9-11-18(12-10-17)19-13-20(23)22(25)21(24)14-19/h2,13-18H,1,3-12H2/i11D,12D2. The monoisotopic (exact) mass is 353 g/mol. The van der Waals surface area contributed by atoms with Crippen molar-refractivity contribution in [2.24, 2.45) is 17.8 Å². The largest absolute Gasteiger partial charge is 0.204 e. The molecule has 2 fully saturated rings. The summed E-state index contributed by atoms with van der Waals surface area (Å²) in [4.78, 5) is 0. The molecule has 0 nitrogen and oxygen atoms in total. The van der Waals surface area contributed by atoms with Crippen molar-refractivity contribution in [2.45, 2.75) is 70.1 Å². The maximum Gasteiger partial charge on any atom is 0.194 e. The van der Waals surface area contributed by atoms with Crippen LogP contribution in [-0.4, -0.2) is 0 Å². The number of rotatable bonds is 5. The summed E-state index contributed by atoms with van der Waals surface area (Å²) in [5.74, 6) is -3.91. The zero-order valence-corrected chi connectivity index (χ0v) is 14.6. The SMILES string of the molecule is [2H]C1CC(C2CCC(CCC=C)CC2)CC([2H])([2H])C1c1cc(F)c(F)c(F)c1. The molecule has 0 N–H and O–H groups in total. The number of halogens is 3. The van der Waals surface area contributed by atoms with Gasteiger partial charge in [0.25, 0.3) is 0 Å². The molecule has 2 aliphatic rings. The fourth-order valence-corrected chi connectivity index (χ4v) is 4.43. The summed E-state index contributed by atoms with van der Waals surface area (Å²) >= 11 is 0. The highest BCUT2D eigenvalue weighted by Gasteiger charge is 2.31. The topological polar surface area (TPSA) is 0 Å². The summed E-state index contributed by atoms with van der Waals surface area (Å²) < 4.78 is 66.2. The molecule has 0 radical (unpaired) electrons. The van der Waals surface area contributed by atoms with Crippen molar-refractivity contribution in [3.8, 4) is 0 Å². The van der Waals surface area contributed by atoms with Crippen LogP contribution in [0.5, 0.6) is 0 Å². The van der Waals surface area contributed by atoms with E-state index in [1.807, 2.05) is 6.08 Å². The molecule has 0 heterocycles. The third-order valence-electron chi connectivity index (χ3n) is 5.98. The molecule has 1 aromatic rings. The van der Waals surface area contributed by atoms with Crippen molar-refractivity contribution in [2.75, 3.05) is 0 Å². The minimum Gasteiger partial charge on any atom is -0.204 e. The van der Waals surface area contributed by atoms with E-state index in [9.17, 15) is 13.2 Å². The third-order valence-corrected chi connectivity index (χ3v) is 5.98. The number of allylic oxidation sites excluding steroid dienone is 1. The van der Waals surface area contributed by atoms with Crippen molar-refractivity contribution in [3.05, 3.63) is 47.8 Å². The van der Waals surface area contributed by atoms with E-state index in [0.717, 1.165) is 50.7 Å². The quantitative estimate of drug-likeness (QED) is 0.389. The molecule has 0 aliphatic heterocycles. The lowest BCUT2D eigenvalue weighted by Crippen LogP contribution is -2.25. The Balaban J connectivity index is 1.70. The fraction of sp³-hybridized carbons (Fsp3) is 0.636. The Hall–Kier alpha value is -1.25. The second kappa shape index (κ2) is 8.42. The van der Waals surface area contributed by atoms with Gasteiger partial charge in [-0.2, -0.15) is 0 Å². The van der Waals surface area contributed by atoms with Crippen LogP contribution in [0.4, 0.5) is 13.2 Å². The second-order valence-corrected chi connectivity index (χ2v) is 7.56. The zero-order chi connectivity index (χ0) is 20.5. The third kappa shape index (κ3) is 4.48. The first kappa shape index (κ1) is 14.9. The molecular weight excluding hydrogens is 321 g/mol.